The molecule has 0 radical (unpaired) electrons. The van der Waals surface area contributed by atoms with Crippen molar-refractivity contribution in [2.24, 2.45) is 0 Å². The average Bonchev–Trinajstić information content (AvgIpc) is 2.71. The zero-order valence-corrected chi connectivity index (χ0v) is 10.9. The van der Waals surface area contributed by atoms with Gasteiger partial charge in [0.1, 0.15) is 4.88 Å². The summed E-state index contributed by atoms with van der Waals surface area (Å²) >= 11 is 1.29. The zero-order chi connectivity index (χ0) is 12.4. The van der Waals surface area contributed by atoms with Gasteiger partial charge in [0.25, 0.3) is 0 Å². The molecule has 2 unspecified atom stereocenters. The van der Waals surface area contributed by atoms with Crippen LogP contribution in [0.1, 0.15) is 29.1 Å². The Morgan fingerprint density at radius 2 is 2.41 bits per heavy atom. The molecule has 0 bridgehead atoms. The average molecular weight is 255 g/mol. The third kappa shape index (κ3) is 2.86. The number of thiophene rings is 1. The van der Waals surface area contributed by atoms with Gasteiger partial charge < -0.3 is 9.84 Å². The highest BCUT2D eigenvalue weighted by molar-refractivity contribution is 7.12. The lowest BCUT2D eigenvalue weighted by atomic mass is 10.1. The second kappa shape index (κ2) is 5.16. The monoisotopic (exact) mass is 255 g/mol. The topological polar surface area (TPSA) is 49.8 Å². The highest BCUT2D eigenvalue weighted by Crippen LogP contribution is 2.21. The van der Waals surface area contributed by atoms with E-state index in [1.165, 1.54) is 11.3 Å². The second-order valence-corrected chi connectivity index (χ2v) is 5.42. The number of carboxylic acid groups (broad SMARTS) is 1. The fourth-order valence-electron chi connectivity index (χ4n) is 2.06. The van der Waals surface area contributed by atoms with Crippen molar-refractivity contribution in [1.29, 1.82) is 0 Å². The maximum atomic E-state index is 11.0. The van der Waals surface area contributed by atoms with E-state index in [9.17, 15) is 4.79 Å². The van der Waals surface area contributed by atoms with Crippen LogP contribution in [0.2, 0.25) is 0 Å². The summed E-state index contributed by atoms with van der Waals surface area (Å²) in [5.41, 5.74) is 0.906. The minimum atomic E-state index is -0.830. The van der Waals surface area contributed by atoms with E-state index in [-0.39, 0.29) is 6.10 Å². The number of rotatable bonds is 3. The molecule has 0 saturated carbocycles. The van der Waals surface area contributed by atoms with E-state index in [2.05, 4.69) is 11.8 Å². The Bertz CT molecular complexity index is 404. The molecule has 1 aromatic heterocycles. The van der Waals surface area contributed by atoms with Crippen molar-refractivity contribution >= 4 is 17.3 Å². The lowest BCUT2D eigenvalue weighted by Crippen LogP contribution is -2.46. The Balaban J connectivity index is 2.09. The van der Waals surface area contributed by atoms with Gasteiger partial charge in [-0.15, -0.1) is 11.3 Å². The quantitative estimate of drug-likeness (QED) is 0.898. The molecule has 94 valence electrons. The molecule has 1 fully saturated rings. The molecule has 0 spiro atoms. The highest BCUT2D eigenvalue weighted by atomic mass is 32.1. The number of ether oxygens (including phenoxy) is 1. The van der Waals surface area contributed by atoms with Crippen LogP contribution in [-0.2, 0) is 11.3 Å². The molecule has 1 saturated heterocycles. The molecule has 0 amide bonds. The Hall–Kier alpha value is -0.910. The maximum Gasteiger partial charge on any atom is 0.346 e. The van der Waals surface area contributed by atoms with Crippen LogP contribution in [0.4, 0.5) is 0 Å². The third-order valence-electron chi connectivity index (χ3n) is 3.05. The molecule has 2 heterocycles. The largest absolute Gasteiger partial charge is 0.477 e. The first-order chi connectivity index (χ1) is 8.08. The third-order valence-corrected chi connectivity index (χ3v) is 4.00. The molecule has 2 rings (SSSR count). The van der Waals surface area contributed by atoms with Crippen LogP contribution in [0.25, 0.3) is 0 Å². The van der Waals surface area contributed by atoms with Crippen molar-refractivity contribution in [3.63, 3.8) is 0 Å². The van der Waals surface area contributed by atoms with Crippen LogP contribution in [0.5, 0.6) is 0 Å². The fourth-order valence-corrected chi connectivity index (χ4v) is 2.81. The lowest BCUT2D eigenvalue weighted by molar-refractivity contribution is -0.0526. The van der Waals surface area contributed by atoms with Crippen molar-refractivity contribution in [2.75, 3.05) is 13.2 Å². The minimum absolute atomic E-state index is 0.220. The minimum Gasteiger partial charge on any atom is -0.477 e. The Morgan fingerprint density at radius 3 is 3.12 bits per heavy atom. The number of nitrogens with zero attached hydrogens (tertiary/aromatic N) is 1. The second-order valence-electron chi connectivity index (χ2n) is 4.50. The van der Waals surface area contributed by atoms with Gasteiger partial charge in [0.05, 0.1) is 12.7 Å². The van der Waals surface area contributed by atoms with Crippen LogP contribution in [0, 0.1) is 0 Å². The van der Waals surface area contributed by atoms with Gasteiger partial charge in [0.15, 0.2) is 0 Å². The van der Waals surface area contributed by atoms with Gasteiger partial charge in [0, 0.05) is 19.1 Å². The summed E-state index contributed by atoms with van der Waals surface area (Å²) in [7, 11) is 0. The van der Waals surface area contributed by atoms with Crippen molar-refractivity contribution in [3.8, 4) is 0 Å². The first-order valence-electron chi connectivity index (χ1n) is 5.73. The SMILES string of the molecule is CC1CN(Cc2ccsc2C(=O)O)C(C)CO1. The normalized spacial score (nSPS) is 26.0. The molecular formula is C12H17NO3S. The molecule has 1 aliphatic heterocycles. The van der Waals surface area contributed by atoms with E-state index >= 15 is 0 Å². The number of carboxylic acids is 1. The van der Waals surface area contributed by atoms with Crippen LogP contribution >= 0.6 is 11.3 Å². The van der Waals surface area contributed by atoms with E-state index in [1.54, 1.807) is 0 Å². The molecule has 2 atom stereocenters. The number of aromatic carboxylic acids is 1. The van der Waals surface area contributed by atoms with Crippen LogP contribution in [-0.4, -0.2) is 41.3 Å². The summed E-state index contributed by atoms with van der Waals surface area (Å²) in [6.07, 6.45) is 0.220. The van der Waals surface area contributed by atoms with E-state index in [0.29, 0.717) is 24.1 Å². The summed E-state index contributed by atoms with van der Waals surface area (Å²) in [5, 5.41) is 10.9. The predicted molar refractivity (Wildman–Crippen MR) is 66.6 cm³/mol. The molecule has 1 N–H and O–H groups in total. The number of hydrogen-bond donors (Lipinski definition) is 1. The molecule has 5 heteroatoms. The molecule has 0 aromatic carbocycles. The van der Waals surface area contributed by atoms with Crippen molar-refractivity contribution < 1.29 is 14.6 Å². The lowest BCUT2D eigenvalue weighted by Gasteiger charge is -2.36. The van der Waals surface area contributed by atoms with Gasteiger partial charge in [-0.25, -0.2) is 4.79 Å². The Labute approximate surface area is 105 Å². The Morgan fingerprint density at radius 1 is 1.65 bits per heavy atom. The van der Waals surface area contributed by atoms with E-state index in [1.807, 2.05) is 18.4 Å². The van der Waals surface area contributed by atoms with Crippen LogP contribution < -0.4 is 0 Å². The van der Waals surface area contributed by atoms with E-state index in [4.69, 9.17) is 9.84 Å². The summed E-state index contributed by atoms with van der Waals surface area (Å²) in [5.74, 6) is -0.830. The highest BCUT2D eigenvalue weighted by Gasteiger charge is 2.25. The van der Waals surface area contributed by atoms with Crippen LogP contribution in [0.3, 0.4) is 0 Å². The summed E-state index contributed by atoms with van der Waals surface area (Å²) < 4.78 is 5.56. The van der Waals surface area contributed by atoms with Gasteiger partial charge in [-0.05, 0) is 30.9 Å². The maximum absolute atomic E-state index is 11.0. The summed E-state index contributed by atoms with van der Waals surface area (Å²) in [6.45, 7) is 6.42. The molecule has 0 aliphatic carbocycles. The van der Waals surface area contributed by atoms with Crippen molar-refractivity contribution in [3.05, 3.63) is 21.9 Å². The fraction of sp³-hybridized carbons (Fsp3) is 0.583. The molecular weight excluding hydrogens is 238 g/mol. The van der Waals surface area contributed by atoms with Gasteiger partial charge in [-0.1, -0.05) is 0 Å². The van der Waals surface area contributed by atoms with Gasteiger partial charge >= 0.3 is 5.97 Å². The smallest absolute Gasteiger partial charge is 0.346 e. The molecule has 4 nitrogen and oxygen atoms in total. The van der Waals surface area contributed by atoms with E-state index in [0.717, 1.165) is 12.1 Å². The summed E-state index contributed by atoms with van der Waals surface area (Å²) in [4.78, 5) is 13.8. The van der Waals surface area contributed by atoms with Gasteiger partial charge in [-0.2, -0.15) is 0 Å². The zero-order valence-electron chi connectivity index (χ0n) is 10.0. The predicted octanol–water partition coefficient (Wildman–Crippen LogP) is 2.06. The number of morpholine rings is 1. The van der Waals surface area contributed by atoms with Gasteiger partial charge in [-0.3, -0.25) is 4.90 Å². The van der Waals surface area contributed by atoms with Crippen molar-refractivity contribution in [2.45, 2.75) is 32.5 Å². The first kappa shape index (κ1) is 12.5. The van der Waals surface area contributed by atoms with E-state index < -0.39 is 5.97 Å². The number of hydrogen-bond acceptors (Lipinski definition) is 4. The molecule has 1 aromatic rings. The first-order valence-corrected chi connectivity index (χ1v) is 6.61. The van der Waals surface area contributed by atoms with Crippen LogP contribution in [0.15, 0.2) is 11.4 Å². The standard InChI is InChI=1S/C12H17NO3S/c1-8-7-16-9(2)5-13(8)6-10-3-4-17-11(10)12(14)15/h3-4,8-9H,5-7H2,1-2H3,(H,14,15). The molecule has 1 aliphatic rings. The Kier molecular flexibility index (Phi) is 3.81. The summed E-state index contributed by atoms with van der Waals surface area (Å²) in [6, 6.07) is 2.24. The van der Waals surface area contributed by atoms with Gasteiger partial charge in [0.2, 0.25) is 0 Å². The molecule has 17 heavy (non-hydrogen) atoms. The van der Waals surface area contributed by atoms with Crippen molar-refractivity contribution in [1.82, 2.24) is 4.90 Å². The number of carbonyl (C=O) groups is 1.